The van der Waals surface area contributed by atoms with E-state index in [1.54, 1.807) is 30.9 Å². The van der Waals surface area contributed by atoms with Crippen molar-refractivity contribution in [1.82, 2.24) is 4.57 Å². The average molecular weight is 335 g/mol. The lowest BCUT2D eigenvalue weighted by Gasteiger charge is -2.22. The lowest BCUT2D eigenvalue weighted by Crippen LogP contribution is -2.34. The second kappa shape index (κ2) is 5.77. The van der Waals surface area contributed by atoms with E-state index in [4.69, 9.17) is 9.47 Å². The Balaban J connectivity index is 2.13. The Morgan fingerprint density at radius 1 is 0.960 bits per heavy atom. The second-order valence-electron chi connectivity index (χ2n) is 6.02. The Morgan fingerprint density at radius 2 is 1.68 bits per heavy atom. The molecule has 0 radical (unpaired) electrons. The zero-order valence-electron chi connectivity index (χ0n) is 14.0. The normalized spacial score (nSPS) is 12.4. The van der Waals surface area contributed by atoms with Gasteiger partial charge in [0, 0.05) is 17.5 Å². The first-order chi connectivity index (χ1) is 12.1. The summed E-state index contributed by atoms with van der Waals surface area (Å²) in [6.45, 7) is 0.465. The van der Waals surface area contributed by atoms with Crippen molar-refractivity contribution in [2.75, 3.05) is 14.2 Å². The number of benzene rings is 2. The Bertz CT molecular complexity index is 1110. The molecule has 0 unspecified atom stereocenters. The van der Waals surface area contributed by atoms with Gasteiger partial charge in [0.15, 0.2) is 11.5 Å². The van der Waals surface area contributed by atoms with E-state index in [9.17, 15) is 9.59 Å². The third-order valence-electron chi connectivity index (χ3n) is 4.72. The summed E-state index contributed by atoms with van der Waals surface area (Å²) in [7, 11) is 3.18. The van der Waals surface area contributed by atoms with E-state index in [0.717, 1.165) is 22.2 Å². The van der Waals surface area contributed by atoms with Gasteiger partial charge < -0.3 is 14.0 Å². The number of hydrogen-bond donors (Lipinski definition) is 0. The number of hydrogen-bond acceptors (Lipinski definition) is 4. The fourth-order valence-corrected chi connectivity index (χ4v) is 3.45. The first-order valence-corrected chi connectivity index (χ1v) is 8.06. The van der Waals surface area contributed by atoms with Crippen LogP contribution in [0.3, 0.4) is 0 Å². The lowest BCUT2D eigenvalue weighted by molar-refractivity contribution is 0.354. The SMILES string of the molecule is COc1cc2c(cc1OC)-c1cc3ccccc3c(=O)c(=O)n1CC2. The summed E-state index contributed by atoms with van der Waals surface area (Å²) < 4.78 is 12.4. The number of rotatable bonds is 2. The minimum absolute atomic E-state index is 0.441. The number of nitrogens with zero attached hydrogens (tertiary/aromatic N) is 1. The second-order valence-corrected chi connectivity index (χ2v) is 6.02. The molecule has 0 amide bonds. The Hall–Kier alpha value is -3.08. The van der Waals surface area contributed by atoms with E-state index in [-0.39, 0.29) is 0 Å². The van der Waals surface area contributed by atoms with Crippen LogP contribution in [-0.2, 0) is 13.0 Å². The molecule has 4 rings (SSSR count). The number of ether oxygens (including phenoxy) is 2. The van der Waals surface area contributed by atoms with Crippen molar-refractivity contribution in [3.05, 3.63) is 68.6 Å². The molecule has 2 aromatic carbocycles. The van der Waals surface area contributed by atoms with Gasteiger partial charge in [0.05, 0.1) is 19.9 Å². The largest absolute Gasteiger partial charge is 0.493 e. The first kappa shape index (κ1) is 15.4. The fourth-order valence-electron chi connectivity index (χ4n) is 3.45. The molecule has 5 nitrogen and oxygen atoms in total. The van der Waals surface area contributed by atoms with Gasteiger partial charge in [-0.15, -0.1) is 0 Å². The highest BCUT2D eigenvalue weighted by Gasteiger charge is 2.21. The van der Waals surface area contributed by atoms with Crippen LogP contribution in [0, 0.1) is 0 Å². The van der Waals surface area contributed by atoms with E-state index in [2.05, 4.69) is 0 Å². The van der Waals surface area contributed by atoms with Crippen LogP contribution in [0.25, 0.3) is 22.0 Å². The van der Waals surface area contributed by atoms with E-state index < -0.39 is 11.0 Å². The molecule has 0 aliphatic carbocycles. The maximum Gasteiger partial charge on any atom is 0.299 e. The highest BCUT2D eigenvalue weighted by atomic mass is 16.5. The minimum Gasteiger partial charge on any atom is -0.493 e. The van der Waals surface area contributed by atoms with Crippen LogP contribution in [0.2, 0.25) is 0 Å². The van der Waals surface area contributed by atoms with Gasteiger partial charge >= 0.3 is 0 Å². The number of fused-ring (bicyclic) bond motifs is 4. The molecule has 0 spiro atoms. The Morgan fingerprint density at radius 3 is 2.44 bits per heavy atom. The maximum absolute atomic E-state index is 12.7. The Labute approximate surface area is 144 Å². The van der Waals surface area contributed by atoms with Crippen LogP contribution in [0.5, 0.6) is 11.5 Å². The van der Waals surface area contributed by atoms with Crippen molar-refractivity contribution in [2.45, 2.75) is 13.0 Å². The number of aromatic nitrogens is 1. The molecule has 0 atom stereocenters. The molecular formula is C20H17NO4. The quantitative estimate of drug-likeness (QED) is 0.676. The predicted molar refractivity (Wildman–Crippen MR) is 96.7 cm³/mol. The average Bonchev–Trinajstić information content (AvgIpc) is 2.76. The molecule has 1 aliphatic heterocycles. The summed E-state index contributed by atoms with van der Waals surface area (Å²) in [4.78, 5) is 25.3. The first-order valence-electron chi connectivity index (χ1n) is 8.06. The van der Waals surface area contributed by atoms with Crippen LogP contribution in [-0.4, -0.2) is 18.8 Å². The smallest absolute Gasteiger partial charge is 0.299 e. The fraction of sp³-hybridized carbons (Fsp3) is 0.200. The summed E-state index contributed by atoms with van der Waals surface area (Å²) >= 11 is 0. The highest BCUT2D eigenvalue weighted by molar-refractivity contribution is 5.85. The van der Waals surface area contributed by atoms with Crippen molar-refractivity contribution in [1.29, 1.82) is 0 Å². The lowest BCUT2D eigenvalue weighted by atomic mass is 9.96. The van der Waals surface area contributed by atoms with Gasteiger partial charge in [0.2, 0.25) is 0 Å². The van der Waals surface area contributed by atoms with Crippen LogP contribution in [0.4, 0.5) is 0 Å². The predicted octanol–water partition coefficient (Wildman–Crippen LogP) is 2.60. The van der Waals surface area contributed by atoms with Crippen molar-refractivity contribution in [2.24, 2.45) is 0 Å². The molecule has 0 bridgehead atoms. The van der Waals surface area contributed by atoms with Gasteiger partial charge in [-0.3, -0.25) is 9.59 Å². The summed E-state index contributed by atoms with van der Waals surface area (Å²) in [6, 6.07) is 12.9. The molecule has 0 saturated heterocycles. The molecule has 5 heteroatoms. The number of methoxy groups -OCH3 is 2. The van der Waals surface area contributed by atoms with Crippen molar-refractivity contribution >= 4 is 10.8 Å². The third-order valence-corrected chi connectivity index (χ3v) is 4.72. The Kier molecular flexibility index (Phi) is 3.57. The molecule has 0 N–H and O–H groups in total. The molecule has 0 fully saturated rings. The molecule has 1 aromatic heterocycles. The van der Waals surface area contributed by atoms with Crippen LogP contribution in [0.15, 0.2) is 52.1 Å². The van der Waals surface area contributed by atoms with Crippen molar-refractivity contribution < 1.29 is 9.47 Å². The molecule has 1 aliphatic rings. The molecule has 3 aromatic rings. The van der Waals surface area contributed by atoms with Crippen molar-refractivity contribution in [3.63, 3.8) is 0 Å². The topological polar surface area (TPSA) is 57.5 Å². The monoisotopic (exact) mass is 335 g/mol. The standard InChI is InChI=1S/C20H17NO4/c1-24-17-10-13-7-8-21-16(15(13)11-18(17)25-2)9-12-5-3-4-6-14(12)19(22)20(21)23/h3-6,9-11H,7-8H2,1-2H3. The van der Waals surface area contributed by atoms with Crippen LogP contribution < -0.4 is 20.5 Å². The van der Waals surface area contributed by atoms with Gasteiger partial charge in [0.25, 0.3) is 11.0 Å². The van der Waals surface area contributed by atoms with Gasteiger partial charge in [-0.05, 0) is 35.6 Å². The van der Waals surface area contributed by atoms with Gasteiger partial charge in [-0.2, -0.15) is 0 Å². The van der Waals surface area contributed by atoms with E-state index in [1.807, 2.05) is 30.3 Å². The molecule has 25 heavy (non-hydrogen) atoms. The minimum atomic E-state index is -0.489. The summed E-state index contributed by atoms with van der Waals surface area (Å²) in [5.74, 6) is 1.26. The van der Waals surface area contributed by atoms with E-state index in [0.29, 0.717) is 29.9 Å². The van der Waals surface area contributed by atoms with E-state index in [1.165, 1.54) is 0 Å². The van der Waals surface area contributed by atoms with Crippen molar-refractivity contribution in [3.8, 4) is 22.8 Å². The zero-order chi connectivity index (χ0) is 17.6. The van der Waals surface area contributed by atoms with Gasteiger partial charge in [-0.25, -0.2) is 0 Å². The molecule has 126 valence electrons. The van der Waals surface area contributed by atoms with Gasteiger partial charge in [0.1, 0.15) is 0 Å². The summed E-state index contributed by atoms with van der Waals surface area (Å²) in [5, 5.41) is 1.19. The van der Waals surface area contributed by atoms with Gasteiger partial charge in [-0.1, -0.05) is 24.3 Å². The molecule has 0 saturated carbocycles. The molecule has 2 heterocycles. The van der Waals surface area contributed by atoms with E-state index >= 15 is 0 Å². The zero-order valence-corrected chi connectivity index (χ0v) is 14.0. The maximum atomic E-state index is 12.7. The number of aryl methyl sites for hydroxylation is 1. The van der Waals surface area contributed by atoms with Crippen LogP contribution >= 0.6 is 0 Å². The molecular weight excluding hydrogens is 318 g/mol. The summed E-state index contributed by atoms with van der Waals surface area (Å²) in [6.07, 6.45) is 0.655. The van der Waals surface area contributed by atoms with Crippen LogP contribution in [0.1, 0.15) is 5.56 Å². The third kappa shape index (κ3) is 2.31. The summed E-state index contributed by atoms with van der Waals surface area (Å²) in [5.41, 5.74) is 1.73. The highest BCUT2D eigenvalue weighted by Crippen LogP contribution is 2.38.